The van der Waals surface area contributed by atoms with E-state index in [1.807, 2.05) is 0 Å². The number of alkyl halides is 3. The van der Waals surface area contributed by atoms with E-state index in [1.165, 1.54) is 50.6 Å². The molecule has 0 spiro atoms. The molecule has 3 N–H and O–H groups in total. The van der Waals surface area contributed by atoms with Crippen LogP contribution in [0.4, 0.5) is 13.2 Å². The van der Waals surface area contributed by atoms with Gasteiger partial charge in [0.05, 0.1) is 20.3 Å². The molecule has 0 unspecified atom stereocenters. The minimum absolute atomic E-state index is 0.162. The third-order valence-electron chi connectivity index (χ3n) is 3.33. The number of aromatic hydroxyl groups is 1. The van der Waals surface area contributed by atoms with Gasteiger partial charge in [0.25, 0.3) is 0 Å². The highest BCUT2D eigenvalue weighted by molar-refractivity contribution is 5.54. The molecule has 0 bridgehead atoms. The van der Waals surface area contributed by atoms with Crippen LogP contribution in [0, 0.1) is 0 Å². The Balaban J connectivity index is 2.30. The van der Waals surface area contributed by atoms with Crippen LogP contribution in [0.5, 0.6) is 23.0 Å². The van der Waals surface area contributed by atoms with Crippen molar-refractivity contribution in [1.29, 1.82) is 0 Å². The maximum atomic E-state index is 12.2. The molecule has 5 nitrogen and oxygen atoms in total. The van der Waals surface area contributed by atoms with Gasteiger partial charge in [-0.15, -0.1) is 13.2 Å². The first-order valence-corrected chi connectivity index (χ1v) is 6.81. The van der Waals surface area contributed by atoms with E-state index >= 15 is 0 Å². The van der Waals surface area contributed by atoms with Crippen LogP contribution < -0.4 is 19.9 Å². The molecule has 0 amide bonds. The van der Waals surface area contributed by atoms with Crippen LogP contribution in [-0.2, 0) is 0 Å². The first-order chi connectivity index (χ1) is 11.2. The van der Waals surface area contributed by atoms with Crippen molar-refractivity contribution in [2.24, 2.45) is 5.73 Å². The van der Waals surface area contributed by atoms with Crippen LogP contribution in [0.1, 0.15) is 17.2 Å². The number of nitrogens with two attached hydrogens (primary N) is 1. The molecule has 0 radical (unpaired) electrons. The van der Waals surface area contributed by atoms with Crippen molar-refractivity contribution in [2.75, 3.05) is 14.2 Å². The number of methoxy groups -OCH3 is 2. The third kappa shape index (κ3) is 4.02. The van der Waals surface area contributed by atoms with Gasteiger partial charge in [0.1, 0.15) is 5.75 Å². The van der Waals surface area contributed by atoms with Crippen LogP contribution in [-0.4, -0.2) is 25.7 Å². The highest BCUT2D eigenvalue weighted by Gasteiger charge is 2.31. The lowest BCUT2D eigenvalue weighted by Crippen LogP contribution is -2.17. The Hall–Kier alpha value is -2.61. The molecule has 2 aromatic rings. The maximum absolute atomic E-state index is 12.2. The van der Waals surface area contributed by atoms with Gasteiger partial charge in [0.2, 0.25) is 5.75 Å². The highest BCUT2D eigenvalue weighted by Crippen LogP contribution is 2.39. The van der Waals surface area contributed by atoms with E-state index in [2.05, 4.69) is 4.74 Å². The van der Waals surface area contributed by atoms with E-state index in [1.54, 1.807) is 0 Å². The maximum Gasteiger partial charge on any atom is 0.573 e. The summed E-state index contributed by atoms with van der Waals surface area (Å²) in [7, 11) is 2.76. The van der Waals surface area contributed by atoms with Crippen molar-refractivity contribution in [3.8, 4) is 23.0 Å². The fourth-order valence-corrected chi connectivity index (χ4v) is 2.16. The van der Waals surface area contributed by atoms with Crippen molar-refractivity contribution in [3.05, 3.63) is 47.5 Å². The Bertz CT molecular complexity index is 676. The van der Waals surface area contributed by atoms with Crippen molar-refractivity contribution in [1.82, 2.24) is 0 Å². The zero-order valence-corrected chi connectivity index (χ0v) is 12.9. The molecular formula is C16H16F3NO4. The quantitative estimate of drug-likeness (QED) is 0.871. The molecule has 0 aliphatic rings. The predicted molar refractivity (Wildman–Crippen MR) is 80.4 cm³/mol. The predicted octanol–water partition coefficient (Wildman–Crippen LogP) is 3.36. The second-order valence-corrected chi connectivity index (χ2v) is 4.87. The summed E-state index contributed by atoms with van der Waals surface area (Å²) in [6.45, 7) is 0. The molecule has 8 heteroatoms. The Morgan fingerprint density at radius 2 is 1.46 bits per heavy atom. The van der Waals surface area contributed by atoms with E-state index in [9.17, 15) is 18.3 Å². The van der Waals surface area contributed by atoms with Gasteiger partial charge in [-0.2, -0.15) is 0 Å². The number of halogens is 3. The molecular weight excluding hydrogens is 327 g/mol. The molecule has 0 heterocycles. The largest absolute Gasteiger partial charge is 0.573 e. The van der Waals surface area contributed by atoms with Gasteiger partial charge in [-0.25, -0.2) is 0 Å². The van der Waals surface area contributed by atoms with Crippen LogP contribution in [0.2, 0.25) is 0 Å². The second-order valence-electron chi connectivity index (χ2n) is 4.87. The SMILES string of the molecule is COc1cc([C@@H](N)c2ccc(OC(F)(F)F)cc2)cc(OC)c1O. The van der Waals surface area contributed by atoms with Crippen molar-refractivity contribution < 1.29 is 32.5 Å². The van der Waals surface area contributed by atoms with E-state index in [4.69, 9.17) is 15.2 Å². The molecule has 0 fully saturated rings. The summed E-state index contributed by atoms with van der Waals surface area (Å²) in [5.41, 5.74) is 7.25. The Morgan fingerprint density at radius 1 is 0.958 bits per heavy atom. The summed E-state index contributed by atoms with van der Waals surface area (Å²) < 4.78 is 50.4. The van der Waals surface area contributed by atoms with Gasteiger partial charge < -0.3 is 25.1 Å². The molecule has 2 rings (SSSR count). The lowest BCUT2D eigenvalue weighted by Gasteiger charge is -2.17. The molecule has 1 atom stereocenters. The normalized spacial score (nSPS) is 12.6. The minimum atomic E-state index is -4.75. The number of phenolic OH excluding ortho intramolecular Hbond substituents is 1. The summed E-state index contributed by atoms with van der Waals surface area (Å²) in [5, 5.41) is 9.90. The number of benzene rings is 2. The first kappa shape index (κ1) is 17.7. The molecule has 0 aliphatic heterocycles. The van der Waals surface area contributed by atoms with Gasteiger partial charge in [-0.05, 0) is 35.4 Å². The van der Waals surface area contributed by atoms with E-state index in [0.717, 1.165) is 0 Å². The number of rotatable bonds is 5. The Labute approximate surface area is 136 Å². The van der Waals surface area contributed by atoms with Crippen LogP contribution >= 0.6 is 0 Å². The van der Waals surface area contributed by atoms with Gasteiger partial charge >= 0.3 is 6.36 Å². The summed E-state index contributed by atoms with van der Waals surface area (Å²) in [4.78, 5) is 0. The summed E-state index contributed by atoms with van der Waals surface area (Å²) in [6, 6.07) is 7.61. The molecule has 0 aromatic heterocycles. The second kappa shape index (κ2) is 6.88. The van der Waals surface area contributed by atoms with Crippen molar-refractivity contribution in [3.63, 3.8) is 0 Å². The van der Waals surface area contributed by atoms with Crippen LogP contribution in [0.3, 0.4) is 0 Å². The van der Waals surface area contributed by atoms with Crippen LogP contribution in [0.15, 0.2) is 36.4 Å². The monoisotopic (exact) mass is 343 g/mol. The summed E-state index contributed by atoms with van der Waals surface area (Å²) >= 11 is 0. The molecule has 130 valence electrons. The van der Waals surface area contributed by atoms with E-state index in [0.29, 0.717) is 11.1 Å². The fourth-order valence-electron chi connectivity index (χ4n) is 2.16. The number of hydrogen-bond donors (Lipinski definition) is 2. The number of hydrogen-bond acceptors (Lipinski definition) is 5. The topological polar surface area (TPSA) is 73.9 Å². The average Bonchev–Trinajstić information content (AvgIpc) is 2.53. The zero-order chi connectivity index (χ0) is 17.9. The van der Waals surface area contributed by atoms with Crippen molar-refractivity contribution >= 4 is 0 Å². The smallest absolute Gasteiger partial charge is 0.502 e. The summed E-state index contributed by atoms with van der Waals surface area (Å²) in [5.74, 6) is -0.141. The molecule has 0 saturated heterocycles. The Morgan fingerprint density at radius 3 is 1.88 bits per heavy atom. The molecule has 0 saturated carbocycles. The summed E-state index contributed by atoms with van der Waals surface area (Å²) in [6.07, 6.45) is -4.75. The lowest BCUT2D eigenvalue weighted by atomic mass is 9.98. The average molecular weight is 343 g/mol. The van der Waals surface area contributed by atoms with Gasteiger partial charge in [-0.1, -0.05) is 12.1 Å². The first-order valence-electron chi connectivity index (χ1n) is 6.81. The lowest BCUT2D eigenvalue weighted by molar-refractivity contribution is -0.274. The van der Waals surface area contributed by atoms with Crippen LogP contribution in [0.25, 0.3) is 0 Å². The molecule has 24 heavy (non-hydrogen) atoms. The molecule has 2 aromatic carbocycles. The van der Waals surface area contributed by atoms with Gasteiger partial charge in [0, 0.05) is 0 Å². The minimum Gasteiger partial charge on any atom is -0.502 e. The number of phenols is 1. The fraction of sp³-hybridized carbons (Fsp3) is 0.250. The van der Waals surface area contributed by atoms with E-state index in [-0.39, 0.29) is 23.0 Å². The van der Waals surface area contributed by atoms with Crippen molar-refractivity contribution in [2.45, 2.75) is 12.4 Å². The number of ether oxygens (including phenoxy) is 3. The van der Waals surface area contributed by atoms with Gasteiger partial charge in [0.15, 0.2) is 11.5 Å². The van der Waals surface area contributed by atoms with Gasteiger partial charge in [-0.3, -0.25) is 0 Å². The molecule has 0 aliphatic carbocycles. The third-order valence-corrected chi connectivity index (χ3v) is 3.33. The highest BCUT2D eigenvalue weighted by atomic mass is 19.4. The zero-order valence-electron chi connectivity index (χ0n) is 12.9. The van der Waals surface area contributed by atoms with E-state index < -0.39 is 12.4 Å². The Kier molecular flexibility index (Phi) is 5.08. The standard InChI is InChI=1S/C16H16F3NO4/c1-22-12-7-10(8-13(23-2)15(12)21)14(20)9-3-5-11(6-4-9)24-16(17,18)19/h3-8,14,21H,20H2,1-2H3/t14-/m0/s1.